The molecule has 1 N–H and O–H groups in total. The second-order valence-electron chi connectivity index (χ2n) is 8.43. The van der Waals surface area contributed by atoms with E-state index in [0.717, 1.165) is 31.6 Å². The van der Waals surface area contributed by atoms with E-state index in [0.29, 0.717) is 11.4 Å². The molecule has 1 amide bonds. The van der Waals surface area contributed by atoms with Crippen LogP contribution < -0.4 is 15.1 Å². The van der Waals surface area contributed by atoms with Gasteiger partial charge in [0.25, 0.3) is 11.6 Å². The third-order valence-electron chi connectivity index (χ3n) is 5.91. The quantitative estimate of drug-likeness (QED) is 0.312. The molecule has 1 saturated heterocycles. The van der Waals surface area contributed by atoms with Crippen molar-refractivity contribution in [1.82, 2.24) is 0 Å². The van der Waals surface area contributed by atoms with Crippen molar-refractivity contribution in [3.05, 3.63) is 93.5 Å². The lowest BCUT2D eigenvalue weighted by molar-refractivity contribution is -0.384. The standard InChI is InChI=1S/C26H26N4O4/c1-28(2)23-13-12-18(16-24(23)30(33)34)25(31)21-10-3-4-11-22(21)26(32)27-19-8-7-9-20(17-19)29-14-5-6-15-29/h3-4,7-13,16-17H,5-6,14-15H2,1-2H3,(H,27,32). The number of carbonyl (C=O) groups is 2. The highest BCUT2D eigenvalue weighted by Gasteiger charge is 2.23. The molecule has 4 rings (SSSR count). The van der Waals surface area contributed by atoms with Crippen molar-refractivity contribution in [2.24, 2.45) is 0 Å². The predicted molar refractivity (Wildman–Crippen MR) is 133 cm³/mol. The van der Waals surface area contributed by atoms with Crippen molar-refractivity contribution in [1.29, 1.82) is 0 Å². The van der Waals surface area contributed by atoms with Crippen LogP contribution >= 0.6 is 0 Å². The van der Waals surface area contributed by atoms with E-state index in [1.165, 1.54) is 12.1 Å². The SMILES string of the molecule is CN(C)c1ccc(C(=O)c2ccccc2C(=O)Nc2cccc(N3CCCC3)c2)cc1[N+](=O)[O-]. The lowest BCUT2D eigenvalue weighted by Crippen LogP contribution is -2.19. The minimum atomic E-state index is -0.516. The molecule has 0 saturated carbocycles. The number of nitro groups is 1. The Hall–Kier alpha value is -4.20. The average molecular weight is 459 g/mol. The summed E-state index contributed by atoms with van der Waals surface area (Å²) in [5, 5.41) is 14.4. The maximum atomic E-state index is 13.3. The van der Waals surface area contributed by atoms with Crippen LogP contribution in [-0.4, -0.2) is 43.8 Å². The summed E-state index contributed by atoms with van der Waals surface area (Å²) in [5.74, 6) is -0.869. The number of amides is 1. The lowest BCUT2D eigenvalue weighted by atomic mass is 9.97. The van der Waals surface area contributed by atoms with Gasteiger partial charge in [0.1, 0.15) is 5.69 Å². The number of carbonyl (C=O) groups excluding carboxylic acids is 2. The molecule has 0 spiro atoms. The Kier molecular flexibility index (Phi) is 6.58. The molecule has 0 radical (unpaired) electrons. The number of ketones is 1. The second-order valence-corrected chi connectivity index (χ2v) is 8.43. The summed E-state index contributed by atoms with van der Waals surface area (Å²) in [6.07, 6.45) is 2.31. The zero-order valence-electron chi connectivity index (χ0n) is 19.2. The van der Waals surface area contributed by atoms with Crippen LogP contribution in [0.25, 0.3) is 0 Å². The smallest absolute Gasteiger partial charge is 0.293 e. The molecular formula is C26H26N4O4. The van der Waals surface area contributed by atoms with Crippen LogP contribution in [0.5, 0.6) is 0 Å². The summed E-state index contributed by atoms with van der Waals surface area (Å²) >= 11 is 0. The van der Waals surface area contributed by atoms with Gasteiger partial charge in [-0.3, -0.25) is 19.7 Å². The van der Waals surface area contributed by atoms with Gasteiger partial charge in [0.2, 0.25) is 0 Å². The summed E-state index contributed by atoms with van der Waals surface area (Å²) in [6, 6.07) is 18.5. The van der Waals surface area contributed by atoms with E-state index in [2.05, 4.69) is 10.2 Å². The molecule has 0 bridgehead atoms. The molecule has 1 fully saturated rings. The Morgan fingerprint density at radius 2 is 1.65 bits per heavy atom. The molecule has 34 heavy (non-hydrogen) atoms. The van der Waals surface area contributed by atoms with Crippen molar-refractivity contribution < 1.29 is 14.5 Å². The van der Waals surface area contributed by atoms with Crippen molar-refractivity contribution >= 4 is 34.4 Å². The van der Waals surface area contributed by atoms with Gasteiger partial charge < -0.3 is 15.1 Å². The Morgan fingerprint density at radius 1 is 0.941 bits per heavy atom. The first kappa shape index (κ1) is 23.0. The number of hydrogen-bond donors (Lipinski definition) is 1. The number of nitrogens with zero attached hydrogens (tertiary/aromatic N) is 3. The molecule has 8 heteroatoms. The van der Waals surface area contributed by atoms with E-state index in [9.17, 15) is 19.7 Å². The minimum Gasteiger partial charge on any atom is -0.372 e. The van der Waals surface area contributed by atoms with Gasteiger partial charge in [-0.2, -0.15) is 0 Å². The van der Waals surface area contributed by atoms with Crippen molar-refractivity contribution in [2.75, 3.05) is 42.3 Å². The van der Waals surface area contributed by atoms with Gasteiger partial charge >= 0.3 is 0 Å². The molecule has 8 nitrogen and oxygen atoms in total. The number of benzene rings is 3. The Labute approximate surface area is 198 Å². The Bertz CT molecular complexity index is 1250. The molecule has 1 heterocycles. The third kappa shape index (κ3) is 4.76. The lowest BCUT2D eigenvalue weighted by Gasteiger charge is -2.18. The highest BCUT2D eigenvalue weighted by Crippen LogP contribution is 2.29. The van der Waals surface area contributed by atoms with Crippen LogP contribution in [-0.2, 0) is 0 Å². The molecule has 1 aliphatic heterocycles. The number of rotatable bonds is 7. The number of nitrogens with one attached hydrogen (secondary N) is 1. The fourth-order valence-electron chi connectivity index (χ4n) is 4.18. The fourth-order valence-corrected chi connectivity index (χ4v) is 4.18. The van der Waals surface area contributed by atoms with Crippen molar-refractivity contribution in [3.63, 3.8) is 0 Å². The zero-order valence-corrected chi connectivity index (χ0v) is 19.2. The topological polar surface area (TPSA) is 95.8 Å². The van der Waals surface area contributed by atoms with Gasteiger partial charge in [0.15, 0.2) is 5.78 Å². The molecule has 0 aliphatic carbocycles. The number of hydrogen-bond acceptors (Lipinski definition) is 6. The highest BCUT2D eigenvalue weighted by molar-refractivity contribution is 6.18. The van der Waals surface area contributed by atoms with Crippen molar-refractivity contribution in [3.8, 4) is 0 Å². The first-order valence-corrected chi connectivity index (χ1v) is 11.1. The normalized spacial score (nSPS) is 12.9. The molecule has 3 aromatic carbocycles. The molecule has 1 aliphatic rings. The molecule has 174 valence electrons. The third-order valence-corrected chi connectivity index (χ3v) is 5.91. The average Bonchev–Trinajstić information content (AvgIpc) is 3.38. The summed E-state index contributed by atoms with van der Waals surface area (Å²) in [5.41, 5.74) is 2.45. The maximum absolute atomic E-state index is 13.3. The van der Waals surface area contributed by atoms with Crippen LogP contribution in [0.15, 0.2) is 66.7 Å². The van der Waals surface area contributed by atoms with E-state index in [4.69, 9.17) is 0 Å². The van der Waals surface area contributed by atoms with Crippen LogP contribution in [0.4, 0.5) is 22.7 Å². The first-order chi connectivity index (χ1) is 16.3. The largest absolute Gasteiger partial charge is 0.372 e. The Balaban J connectivity index is 1.61. The van der Waals surface area contributed by atoms with E-state index in [1.54, 1.807) is 49.3 Å². The minimum absolute atomic E-state index is 0.147. The van der Waals surface area contributed by atoms with Crippen LogP contribution in [0.2, 0.25) is 0 Å². The predicted octanol–water partition coefficient (Wildman–Crippen LogP) is 4.74. The van der Waals surface area contributed by atoms with E-state index < -0.39 is 16.6 Å². The molecule has 0 aromatic heterocycles. The summed E-state index contributed by atoms with van der Waals surface area (Å²) < 4.78 is 0. The van der Waals surface area contributed by atoms with E-state index in [-0.39, 0.29) is 22.4 Å². The van der Waals surface area contributed by atoms with Gasteiger partial charge in [-0.25, -0.2) is 0 Å². The van der Waals surface area contributed by atoms with Gasteiger partial charge in [-0.15, -0.1) is 0 Å². The molecule has 0 atom stereocenters. The van der Waals surface area contributed by atoms with Crippen LogP contribution in [0.1, 0.15) is 39.1 Å². The number of nitro benzene ring substituents is 1. The van der Waals surface area contributed by atoms with Crippen LogP contribution in [0.3, 0.4) is 0 Å². The molecule has 3 aromatic rings. The maximum Gasteiger partial charge on any atom is 0.293 e. The first-order valence-electron chi connectivity index (χ1n) is 11.1. The zero-order chi connectivity index (χ0) is 24.2. The monoisotopic (exact) mass is 458 g/mol. The molecule has 0 unspecified atom stereocenters. The van der Waals surface area contributed by atoms with Gasteiger partial charge in [0.05, 0.1) is 10.5 Å². The second kappa shape index (κ2) is 9.74. The number of anilines is 3. The van der Waals surface area contributed by atoms with Gasteiger partial charge in [0, 0.05) is 55.8 Å². The van der Waals surface area contributed by atoms with E-state index >= 15 is 0 Å². The van der Waals surface area contributed by atoms with Crippen LogP contribution in [0, 0.1) is 10.1 Å². The van der Waals surface area contributed by atoms with Gasteiger partial charge in [-0.05, 0) is 49.2 Å². The van der Waals surface area contributed by atoms with Crippen molar-refractivity contribution in [2.45, 2.75) is 12.8 Å². The summed E-state index contributed by atoms with van der Waals surface area (Å²) in [4.78, 5) is 41.3. The highest BCUT2D eigenvalue weighted by atomic mass is 16.6. The van der Waals surface area contributed by atoms with Gasteiger partial charge in [-0.1, -0.05) is 24.3 Å². The molecular weight excluding hydrogens is 432 g/mol. The summed E-state index contributed by atoms with van der Waals surface area (Å²) in [7, 11) is 3.39. The fraction of sp³-hybridized carbons (Fsp3) is 0.231. The Morgan fingerprint density at radius 3 is 2.32 bits per heavy atom. The summed E-state index contributed by atoms with van der Waals surface area (Å²) in [6.45, 7) is 1.99. The van der Waals surface area contributed by atoms with E-state index in [1.807, 2.05) is 24.3 Å².